The van der Waals surface area contributed by atoms with Crippen molar-refractivity contribution in [2.24, 2.45) is 0 Å². The molecule has 21 rings (SSSR count). The fraction of sp³-hybridized carbons (Fsp3) is 0.366. The minimum absolute atomic E-state index is 0.0648. The fourth-order valence-corrected chi connectivity index (χ4v) is 20.5. The van der Waals surface area contributed by atoms with Gasteiger partial charge in [0.1, 0.15) is 49.6 Å². The van der Waals surface area contributed by atoms with Crippen molar-refractivity contribution in [2.45, 2.75) is 120 Å². The summed E-state index contributed by atoms with van der Waals surface area (Å²) in [5.74, 6) is 0.524. The van der Waals surface area contributed by atoms with Gasteiger partial charge in [0.2, 0.25) is 35.0 Å². The lowest BCUT2D eigenvalue weighted by molar-refractivity contribution is -0.135. The maximum absolute atomic E-state index is 14.0. The van der Waals surface area contributed by atoms with E-state index >= 15 is 0 Å². The minimum Gasteiger partial charge on any atom is -0.340 e. The number of halogens is 2. The van der Waals surface area contributed by atoms with Gasteiger partial charge in [0.15, 0.2) is 11.4 Å². The molecule has 4 fully saturated rings. The maximum Gasteiger partial charge on any atom is 0.230 e. The largest absolute Gasteiger partial charge is 0.340 e. The standard InChI is InChI=1S/C27H27FN6O.C25H25FN6O.C25H26N6O.C24H24N6O/c1-29-26-23-5-3-19(22(23)8-9-25(26)28)15-32-10-12-33(13-11-32)27(35)24-6-2-18-14-20(4-7-21(18)24)34-17-30-16-31-34;1-27-25-22-7-4-19(21(22)8-9-23(25)26)15-30-10-12-31(13-11-30)24(33)14-18-2-5-20(6-3-18)32-17-28-16-29-32;1-26-22-6-4-20-5-9-24(18-21(20)17-22)29-12-14-30(15-13-29)25(32)16-19-2-7-23(8-3-19)31-11-10-27-28-31;1-25-21-5-4-19-14-23(15-20(19)13-21)28-8-10-29(11-9-28)24(31)12-18-2-6-22(7-3-18)30-17-26-16-27-30/h4,7-9,14,16-17,19,24H,2-3,5-6,10-13,15H2;2-3,5-6,8-9,16-17,19H,4,7,10-15H2;2-4,6-8,10-11,17,24H,5,9,12-16,18H2;2-7,13,16-17,23H,8-12,14-15H2. The summed E-state index contributed by atoms with van der Waals surface area (Å²) in [7, 11) is 0. The van der Waals surface area contributed by atoms with Gasteiger partial charge < -0.3 is 19.6 Å². The fourth-order valence-electron chi connectivity index (χ4n) is 20.5. The van der Waals surface area contributed by atoms with Gasteiger partial charge in [-0.15, -0.1) is 5.10 Å². The van der Waals surface area contributed by atoms with Gasteiger partial charge in [-0.05, 0) is 193 Å². The summed E-state index contributed by atoms with van der Waals surface area (Å²) in [5, 5.41) is 20.3. The summed E-state index contributed by atoms with van der Waals surface area (Å²) in [6.45, 7) is 43.9. The predicted octanol–water partition coefficient (Wildman–Crippen LogP) is 13.0. The third-order valence-corrected chi connectivity index (χ3v) is 27.7. The van der Waals surface area contributed by atoms with E-state index in [1.54, 1.807) is 50.1 Å². The molecule has 0 saturated carbocycles. The third-order valence-electron chi connectivity index (χ3n) is 27.7. The highest BCUT2D eigenvalue weighted by Crippen LogP contribution is 2.44. The summed E-state index contributed by atoms with van der Waals surface area (Å²) in [6, 6.07) is 49.6. The van der Waals surface area contributed by atoms with E-state index in [0.717, 1.165) is 254 Å². The first-order valence-corrected chi connectivity index (χ1v) is 45.4. The number of rotatable bonds is 17. The summed E-state index contributed by atoms with van der Waals surface area (Å²) < 4.78 is 34.8. The van der Waals surface area contributed by atoms with Crippen LogP contribution in [0.25, 0.3) is 42.1 Å². The molecule has 131 heavy (non-hydrogen) atoms. The number of carbonyl (C=O) groups excluding carboxylic acids is 4. The number of piperazine rings is 4. The number of hydrogen-bond donors (Lipinski definition) is 0. The molecular formula is C101H102F2N24O4. The summed E-state index contributed by atoms with van der Waals surface area (Å²) >= 11 is 0. The van der Waals surface area contributed by atoms with Gasteiger partial charge in [0.05, 0.1) is 86.6 Å². The van der Waals surface area contributed by atoms with Crippen LogP contribution in [0.3, 0.4) is 0 Å². The normalized spacial score (nSPS) is 19.3. The van der Waals surface area contributed by atoms with E-state index in [0.29, 0.717) is 56.3 Å². The Hall–Kier alpha value is -14.1. The lowest BCUT2D eigenvalue weighted by Gasteiger charge is -2.41. The second-order valence-corrected chi connectivity index (χ2v) is 35.2. The van der Waals surface area contributed by atoms with Gasteiger partial charge in [0.25, 0.3) is 0 Å². The summed E-state index contributed by atoms with van der Waals surface area (Å²) in [4.78, 5) is 95.6. The molecule has 0 N–H and O–H groups in total. The Kier molecular flexibility index (Phi) is 26.9. The van der Waals surface area contributed by atoms with Crippen LogP contribution in [0.4, 0.5) is 31.5 Å². The first-order chi connectivity index (χ1) is 64.1. The number of benzene rings is 8. The molecule has 8 aromatic carbocycles. The molecule has 5 unspecified atom stereocenters. The van der Waals surface area contributed by atoms with Gasteiger partial charge in [-0.3, -0.25) is 38.8 Å². The quantitative estimate of drug-likeness (QED) is 0.0771. The van der Waals surface area contributed by atoms with E-state index in [4.69, 9.17) is 26.3 Å². The van der Waals surface area contributed by atoms with Crippen molar-refractivity contribution in [2.75, 3.05) is 118 Å². The number of aryl methyl sites for hydroxylation is 2. The van der Waals surface area contributed by atoms with Crippen LogP contribution in [0.1, 0.15) is 116 Å². The van der Waals surface area contributed by atoms with Crippen molar-refractivity contribution >= 4 is 46.4 Å². The van der Waals surface area contributed by atoms with E-state index < -0.39 is 11.6 Å². The highest BCUT2D eigenvalue weighted by Gasteiger charge is 2.38. The van der Waals surface area contributed by atoms with Gasteiger partial charge in [-0.1, -0.05) is 118 Å². The molecule has 12 aromatic rings. The van der Waals surface area contributed by atoms with E-state index in [1.807, 2.05) is 129 Å². The van der Waals surface area contributed by atoms with E-state index in [2.05, 4.69) is 110 Å². The van der Waals surface area contributed by atoms with Crippen LogP contribution in [-0.4, -0.2) is 252 Å². The topological polar surface area (TPSA) is 234 Å². The highest BCUT2D eigenvalue weighted by molar-refractivity contribution is 5.85. The van der Waals surface area contributed by atoms with Crippen LogP contribution >= 0.6 is 0 Å². The molecule has 0 spiro atoms. The van der Waals surface area contributed by atoms with Crippen LogP contribution in [0.15, 0.2) is 202 Å². The first kappa shape index (κ1) is 87.5. The second kappa shape index (κ2) is 40.3. The SMILES string of the molecule is [C-]#[N+]c1c(F)ccc2c1CCC2CN1CCN(C(=O)C2CCc3cc(-n4cncn4)ccc32)CC1.[C-]#[N+]c1c(F)ccc2c1CCC2CN1CCN(C(=O)Cc2ccc(-n3cncn3)cc2)CC1.[C-]#[N+]c1ccc2c(c1)CC(N1CCN(C(=O)Cc3ccc(-n4ccnn4)cc3)CC1)CC2.[C-]#[N+]c1ccc2c(c1)CC(N1CCN(C(=O)Cc3ccc(-n4cncn4)cc3)CC1)C2. The van der Waals surface area contributed by atoms with Crippen molar-refractivity contribution in [3.05, 3.63) is 332 Å². The summed E-state index contributed by atoms with van der Waals surface area (Å²) in [5.41, 5.74) is 20.4. The van der Waals surface area contributed by atoms with Crippen molar-refractivity contribution in [3.63, 3.8) is 0 Å². The van der Waals surface area contributed by atoms with Gasteiger partial charge in [-0.2, -0.15) is 15.3 Å². The zero-order chi connectivity index (χ0) is 89.9. The number of hydrogen-bond acceptors (Lipinski definition) is 16. The third kappa shape index (κ3) is 20.2. The zero-order valence-corrected chi connectivity index (χ0v) is 73.2. The molecule has 9 aliphatic rings. The Labute approximate surface area is 760 Å². The van der Waals surface area contributed by atoms with Crippen LogP contribution < -0.4 is 0 Å². The van der Waals surface area contributed by atoms with Gasteiger partial charge in [-0.25, -0.2) is 61.8 Å². The lowest BCUT2D eigenvalue weighted by Crippen LogP contribution is -2.53. The Balaban J connectivity index is 0.000000117. The molecule has 664 valence electrons. The van der Waals surface area contributed by atoms with Gasteiger partial charge in [0, 0.05) is 130 Å². The van der Waals surface area contributed by atoms with E-state index in [-0.39, 0.29) is 40.9 Å². The average Bonchev–Trinajstić information content (AvgIpc) is 1.76. The molecule has 4 saturated heterocycles. The van der Waals surface area contributed by atoms with Crippen molar-refractivity contribution in [1.82, 2.24) is 98.5 Å². The van der Waals surface area contributed by atoms with Crippen molar-refractivity contribution in [3.8, 4) is 22.7 Å². The number of nitrogens with zero attached hydrogens (tertiary/aromatic N) is 24. The highest BCUT2D eigenvalue weighted by atomic mass is 19.1. The Morgan fingerprint density at radius 2 is 0.786 bits per heavy atom. The van der Waals surface area contributed by atoms with Gasteiger partial charge >= 0.3 is 0 Å². The van der Waals surface area contributed by atoms with Crippen LogP contribution in [0, 0.1) is 37.9 Å². The van der Waals surface area contributed by atoms with E-state index in [9.17, 15) is 28.0 Å². The average molecular weight is 1750 g/mol. The molecule has 5 atom stereocenters. The molecule has 8 heterocycles. The lowest BCUT2D eigenvalue weighted by atomic mass is 9.87. The predicted molar refractivity (Wildman–Crippen MR) is 490 cm³/mol. The molecule has 28 nitrogen and oxygen atoms in total. The maximum atomic E-state index is 14.0. The van der Waals surface area contributed by atoms with Crippen LogP contribution in [0.5, 0.6) is 0 Å². The molecule has 4 aromatic heterocycles. The number of amides is 4. The Bertz CT molecular complexity index is 6230. The van der Waals surface area contributed by atoms with Crippen LogP contribution in [-0.2, 0) is 83.4 Å². The Morgan fingerprint density at radius 1 is 0.374 bits per heavy atom. The summed E-state index contributed by atoms with van der Waals surface area (Å²) in [6.07, 6.45) is 24.7. The number of fused-ring (bicyclic) bond motifs is 5. The smallest absolute Gasteiger partial charge is 0.230 e. The molecule has 0 radical (unpaired) electrons. The Morgan fingerprint density at radius 3 is 1.24 bits per heavy atom. The molecule has 4 amide bonds. The monoisotopic (exact) mass is 1750 g/mol. The minimum atomic E-state index is -0.412. The zero-order valence-electron chi connectivity index (χ0n) is 73.2. The van der Waals surface area contributed by atoms with E-state index in [1.165, 1.54) is 58.9 Å². The number of carbonyl (C=O) groups is 4. The van der Waals surface area contributed by atoms with Crippen molar-refractivity contribution in [1.29, 1.82) is 0 Å². The molecule has 30 heteroatoms. The molecule has 5 aliphatic carbocycles. The van der Waals surface area contributed by atoms with Crippen molar-refractivity contribution < 1.29 is 28.0 Å². The first-order valence-electron chi connectivity index (χ1n) is 45.4. The molecule has 0 bridgehead atoms. The number of aromatic nitrogens is 12. The molecular weight excluding hydrogens is 1650 g/mol. The molecule has 4 aliphatic heterocycles. The second-order valence-electron chi connectivity index (χ2n) is 35.2. The van der Waals surface area contributed by atoms with Crippen LogP contribution in [0.2, 0.25) is 0 Å².